The molecule has 0 aliphatic carbocycles. The van der Waals surface area contributed by atoms with E-state index in [0.717, 1.165) is 21.1 Å². The maximum absolute atomic E-state index is 5.48. The van der Waals surface area contributed by atoms with E-state index in [2.05, 4.69) is 56.3 Å². The van der Waals surface area contributed by atoms with E-state index < -0.39 is 0 Å². The normalized spacial score (nSPS) is 22.1. The van der Waals surface area contributed by atoms with Crippen molar-refractivity contribution in [2.45, 2.75) is 19.0 Å². The zero-order valence-electron chi connectivity index (χ0n) is 10.9. The second-order valence-electron chi connectivity index (χ2n) is 4.55. The molecule has 0 saturated carbocycles. The second kappa shape index (κ2) is 5.79. The van der Waals surface area contributed by atoms with Crippen molar-refractivity contribution in [2.24, 2.45) is 0 Å². The van der Waals surface area contributed by atoms with Gasteiger partial charge in [-0.2, -0.15) is 0 Å². The zero-order chi connectivity index (χ0) is 14.1. The lowest BCUT2D eigenvalue weighted by Gasteiger charge is -2.25. The molecule has 0 unspecified atom stereocenters. The van der Waals surface area contributed by atoms with Crippen LogP contribution in [0, 0.1) is 0 Å². The standard InChI is InChI=1S/C14H14BrN3S2/c1-2-18-13(10-6-7-11(15)20-10)12(17-14(18)19)9-5-3-4-8-16-9/h3-8,12-13H,2H2,1H3,(H,17,19)/t12-,13+/m1/s1. The molecule has 3 heterocycles. The number of halogens is 1. The highest BCUT2D eigenvalue weighted by atomic mass is 79.9. The fraction of sp³-hybridized carbons (Fsp3) is 0.286. The molecule has 3 rings (SSSR count). The van der Waals surface area contributed by atoms with Gasteiger partial charge in [0.2, 0.25) is 0 Å². The molecule has 1 N–H and O–H groups in total. The van der Waals surface area contributed by atoms with E-state index in [0.29, 0.717) is 0 Å². The summed E-state index contributed by atoms with van der Waals surface area (Å²) in [6, 6.07) is 10.6. The molecule has 0 aromatic carbocycles. The molecule has 2 aromatic rings. The molecular formula is C14H14BrN3S2. The van der Waals surface area contributed by atoms with Gasteiger partial charge in [0.1, 0.15) is 0 Å². The van der Waals surface area contributed by atoms with Gasteiger partial charge in [0.25, 0.3) is 0 Å². The molecule has 104 valence electrons. The van der Waals surface area contributed by atoms with Crippen LogP contribution >= 0.6 is 39.5 Å². The minimum Gasteiger partial charge on any atom is -0.352 e. The molecule has 1 saturated heterocycles. The van der Waals surface area contributed by atoms with E-state index in [9.17, 15) is 0 Å². The Balaban J connectivity index is 2.02. The Morgan fingerprint density at radius 3 is 2.85 bits per heavy atom. The van der Waals surface area contributed by atoms with Gasteiger partial charge < -0.3 is 10.2 Å². The average Bonchev–Trinajstić information content (AvgIpc) is 3.03. The lowest BCUT2D eigenvalue weighted by molar-refractivity contribution is 0.335. The molecule has 0 spiro atoms. The Morgan fingerprint density at radius 2 is 2.25 bits per heavy atom. The molecule has 1 fully saturated rings. The van der Waals surface area contributed by atoms with Crippen molar-refractivity contribution >= 4 is 44.6 Å². The minimum absolute atomic E-state index is 0.106. The maximum atomic E-state index is 5.48. The van der Waals surface area contributed by atoms with Crippen LogP contribution in [0.2, 0.25) is 0 Å². The summed E-state index contributed by atoms with van der Waals surface area (Å²) in [5.41, 5.74) is 1.03. The Labute approximate surface area is 136 Å². The van der Waals surface area contributed by atoms with E-state index in [1.54, 1.807) is 11.3 Å². The summed E-state index contributed by atoms with van der Waals surface area (Å²) in [4.78, 5) is 8.01. The van der Waals surface area contributed by atoms with Gasteiger partial charge in [-0.1, -0.05) is 6.07 Å². The van der Waals surface area contributed by atoms with Gasteiger partial charge in [-0.3, -0.25) is 4.98 Å². The summed E-state index contributed by atoms with van der Waals surface area (Å²) in [7, 11) is 0. The van der Waals surface area contributed by atoms with Crippen LogP contribution in [0.5, 0.6) is 0 Å². The van der Waals surface area contributed by atoms with Crippen molar-refractivity contribution in [1.82, 2.24) is 15.2 Å². The van der Waals surface area contributed by atoms with Crippen LogP contribution in [-0.4, -0.2) is 21.5 Å². The van der Waals surface area contributed by atoms with E-state index in [4.69, 9.17) is 12.2 Å². The van der Waals surface area contributed by atoms with E-state index >= 15 is 0 Å². The molecule has 1 aliphatic rings. The van der Waals surface area contributed by atoms with Gasteiger partial charge in [-0.05, 0) is 59.3 Å². The molecular weight excluding hydrogens is 354 g/mol. The number of pyridine rings is 1. The lowest BCUT2D eigenvalue weighted by Crippen LogP contribution is -2.28. The Bertz CT molecular complexity index is 614. The van der Waals surface area contributed by atoms with Gasteiger partial charge >= 0.3 is 0 Å². The molecule has 3 nitrogen and oxygen atoms in total. The summed E-state index contributed by atoms with van der Waals surface area (Å²) in [5.74, 6) is 0. The van der Waals surface area contributed by atoms with E-state index in [1.165, 1.54) is 4.88 Å². The van der Waals surface area contributed by atoms with Gasteiger partial charge in [0.05, 0.1) is 21.6 Å². The van der Waals surface area contributed by atoms with Crippen LogP contribution in [-0.2, 0) is 0 Å². The number of rotatable bonds is 3. The third kappa shape index (κ3) is 2.47. The number of nitrogens with one attached hydrogen (secondary N) is 1. The number of thiophene rings is 1. The first-order chi connectivity index (χ1) is 9.70. The topological polar surface area (TPSA) is 28.2 Å². The molecule has 6 heteroatoms. The van der Waals surface area contributed by atoms with Gasteiger partial charge in [0.15, 0.2) is 5.11 Å². The summed E-state index contributed by atoms with van der Waals surface area (Å²) in [5, 5.41) is 4.22. The smallest absolute Gasteiger partial charge is 0.170 e. The third-order valence-corrected chi connectivity index (χ3v) is 5.47. The summed E-state index contributed by atoms with van der Waals surface area (Å²) in [6.07, 6.45) is 1.83. The van der Waals surface area contributed by atoms with Crippen molar-refractivity contribution in [3.63, 3.8) is 0 Å². The van der Waals surface area contributed by atoms with Crippen LogP contribution in [0.1, 0.15) is 29.6 Å². The van der Waals surface area contributed by atoms with Gasteiger partial charge in [-0.25, -0.2) is 0 Å². The maximum Gasteiger partial charge on any atom is 0.170 e. The van der Waals surface area contributed by atoms with Crippen LogP contribution in [0.25, 0.3) is 0 Å². The zero-order valence-corrected chi connectivity index (χ0v) is 14.1. The van der Waals surface area contributed by atoms with Crippen molar-refractivity contribution in [3.8, 4) is 0 Å². The molecule has 0 radical (unpaired) electrons. The summed E-state index contributed by atoms with van der Waals surface area (Å²) in [6.45, 7) is 3.01. The number of thiocarbonyl (C=S) groups is 1. The van der Waals surface area contributed by atoms with Crippen LogP contribution in [0.15, 0.2) is 40.3 Å². The first-order valence-corrected chi connectivity index (χ1v) is 8.45. The Hall–Kier alpha value is -0.980. The fourth-order valence-electron chi connectivity index (χ4n) is 2.54. The largest absolute Gasteiger partial charge is 0.352 e. The van der Waals surface area contributed by atoms with Gasteiger partial charge in [0, 0.05) is 17.6 Å². The minimum atomic E-state index is 0.106. The predicted molar refractivity (Wildman–Crippen MR) is 89.9 cm³/mol. The van der Waals surface area contributed by atoms with Crippen molar-refractivity contribution in [1.29, 1.82) is 0 Å². The number of aromatic nitrogens is 1. The van der Waals surface area contributed by atoms with Gasteiger partial charge in [-0.15, -0.1) is 11.3 Å². The SMILES string of the molecule is CCN1C(=S)N[C@H](c2ccccn2)[C@@H]1c1ccc(Br)s1. The predicted octanol–water partition coefficient (Wildman–Crippen LogP) is 3.90. The Kier molecular flexibility index (Phi) is 4.05. The molecule has 1 aliphatic heterocycles. The molecule has 20 heavy (non-hydrogen) atoms. The number of hydrogen-bond donors (Lipinski definition) is 1. The van der Waals surface area contributed by atoms with Crippen LogP contribution < -0.4 is 5.32 Å². The van der Waals surface area contributed by atoms with Crippen LogP contribution in [0.4, 0.5) is 0 Å². The molecule has 2 aromatic heterocycles. The second-order valence-corrected chi connectivity index (χ2v) is 7.44. The van der Waals surface area contributed by atoms with E-state index in [-0.39, 0.29) is 12.1 Å². The van der Waals surface area contributed by atoms with E-state index in [1.807, 2.05) is 18.3 Å². The third-order valence-electron chi connectivity index (χ3n) is 3.42. The fourth-order valence-corrected chi connectivity index (χ4v) is 4.49. The van der Waals surface area contributed by atoms with Crippen molar-refractivity contribution < 1.29 is 0 Å². The number of hydrogen-bond acceptors (Lipinski definition) is 3. The first-order valence-electron chi connectivity index (χ1n) is 6.44. The number of nitrogens with zero attached hydrogens (tertiary/aromatic N) is 2. The monoisotopic (exact) mass is 367 g/mol. The molecule has 0 amide bonds. The summed E-state index contributed by atoms with van der Waals surface area (Å²) >= 11 is 10.8. The highest BCUT2D eigenvalue weighted by Gasteiger charge is 2.39. The molecule has 2 atom stereocenters. The van der Waals surface area contributed by atoms with Crippen molar-refractivity contribution in [3.05, 3.63) is 50.9 Å². The van der Waals surface area contributed by atoms with Crippen molar-refractivity contribution in [2.75, 3.05) is 6.54 Å². The average molecular weight is 368 g/mol. The first kappa shape index (κ1) is 14.0. The van der Waals surface area contributed by atoms with Crippen LogP contribution in [0.3, 0.4) is 0 Å². The summed E-state index contributed by atoms with van der Waals surface area (Å²) < 4.78 is 1.14. The quantitative estimate of drug-likeness (QED) is 0.832. The highest BCUT2D eigenvalue weighted by molar-refractivity contribution is 9.11. The molecule has 0 bridgehead atoms. The highest BCUT2D eigenvalue weighted by Crippen LogP contribution is 2.41. The number of likely N-dealkylation sites (N-methyl/N-ethyl adjacent to an activating group) is 1. The lowest BCUT2D eigenvalue weighted by atomic mass is 10.0. The Morgan fingerprint density at radius 1 is 1.40 bits per heavy atom.